The molecule has 162 valence electrons. The van der Waals surface area contributed by atoms with Crippen molar-refractivity contribution in [2.45, 2.75) is 49.5 Å². The van der Waals surface area contributed by atoms with Crippen LogP contribution in [0.1, 0.15) is 39.3 Å². The zero-order valence-corrected chi connectivity index (χ0v) is 19.0. The Labute approximate surface area is 180 Å². The van der Waals surface area contributed by atoms with Crippen molar-refractivity contribution >= 4 is 32.8 Å². The average Bonchev–Trinajstić information content (AvgIpc) is 3.07. The van der Waals surface area contributed by atoms with Crippen molar-refractivity contribution in [3.8, 4) is 0 Å². The van der Waals surface area contributed by atoms with Crippen LogP contribution in [-0.4, -0.2) is 35.4 Å². The molecule has 0 unspecified atom stereocenters. The van der Waals surface area contributed by atoms with Crippen molar-refractivity contribution < 1.29 is 17.2 Å². The third-order valence-electron chi connectivity index (χ3n) is 4.88. The second-order valence-corrected chi connectivity index (χ2v) is 9.98. The second-order valence-electron chi connectivity index (χ2n) is 7.10. The molecule has 0 amide bonds. The summed E-state index contributed by atoms with van der Waals surface area (Å²) in [6.07, 6.45) is 0. The fourth-order valence-corrected chi connectivity index (χ4v) is 5.93. The molecule has 0 N–H and O–H groups in total. The number of rotatable bonds is 8. The molecule has 9 heteroatoms. The lowest BCUT2D eigenvalue weighted by molar-refractivity contribution is 0.445. The fourth-order valence-electron chi connectivity index (χ4n) is 3.33. The van der Waals surface area contributed by atoms with Gasteiger partial charge in [-0.25, -0.2) is 22.2 Å². The van der Waals surface area contributed by atoms with Gasteiger partial charge < -0.3 is 4.57 Å². The third-order valence-corrected chi connectivity index (χ3v) is 7.92. The Hall–Kier alpha value is -1.97. The van der Waals surface area contributed by atoms with E-state index < -0.39 is 21.7 Å². The van der Waals surface area contributed by atoms with E-state index >= 15 is 0 Å². The minimum absolute atomic E-state index is 0.0556. The molecule has 3 aromatic rings. The topological polar surface area (TPSA) is 55.2 Å². The van der Waals surface area contributed by atoms with Crippen LogP contribution >= 0.6 is 11.8 Å². The summed E-state index contributed by atoms with van der Waals surface area (Å²) in [5.74, 6) is -1.52. The Kier molecular flexibility index (Phi) is 6.84. The highest BCUT2D eigenvalue weighted by molar-refractivity contribution is 7.98. The molecule has 0 fully saturated rings. The minimum Gasteiger partial charge on any atom is -0.316 e. The van der Waals surface area contributed by atoms with E-state index in [0.717, 1.165) is 11.6 Å². The Morgan fingerprint density at radius 1 is 1.13 bits per heavy atom. The molecule has 0 saturated carbocycles. The Balaban J connectivity index is 2.01. The fraction of sp³-hybridized carbons (Fsp3) is 0.381. The van der Waals surface area contributed by atoms with Gasteiger partial charge >= 0.3 is 0 Å². The van der Waals surface area contributed by atoms with Gasteiger partial charge in [-0.2, -0.15) is 4.31 Å². The Morgan fingerprint density at radius 2 is 1.83 bits per heavy atom. The van der Waals surface area contributed by atoms with E-state index in [1.807, 2.05) is 18.4 Å². The number of nitrogens with zero attached hydrogens (tertiary/aromatic N) is 3. The molecule has 0 aliphatic heterocycles. The molecule has 2 aromatic carbocycles. The van der Waals surface area contributed by atoms with Crippen LogP contribution in [0.2, 0.25) is 0 Å². The van der Waals surface area contributed by atoms with Gasteiger partial charge in [0, 0.05) is 30.4 Å². The molecule has 0 spiro atoms. The number of halogens is 2. The van der Waals surface area contributed by atoms with Gasteiger partial charge in [-0.15, -0.1) is 0 Å². The molecule has 1 aromatic heterocycles. The average molecular weight is 454 g/mol. The Morgan fingerprint density at radius 3 is 2.47 bits per heavy atom. The van der Waals surface area contributed by atoms with Gasteiger partial charge in [0.25, 0.3) is 0 Å². The number of benzene rings is 2. The first-order valence-corrected chi connectivity index (χ1v) is 12.2. The first kappa shape index (κ1) is 22.7. The van der Waals surface area contributed by atoms with Crippen LogP contribution in [0.15, 0.2) is 46.5 Å². The van der Waals surface area contributed by atoms with Gasteiger partial charge in [-0.3, -0.25) is 0 Å². The summed E-state index contributed by atoms with van der Waals surface area (Å²) in [7, 11) is -3.60. The maximum atomic E-state index is 14.0. The number of hydrogen-bond acceptors (Lipinski definition) is 4. The van der Waals surface area contributed by atoms with Crippen molar-refractivity contribution in [3.05, 3.63) is 53.6 Å². The first-order valence-electron chi connectivity index (χ1n) is 9.78. The lowest BCUT2D eigenvalue weighted by atomic mass is 10.2. The van der Waals surface area contributed by atoms with Gasteiger partial charge in [-0.05, 0) is 38.1 Å². The van der Waals surface area contributed by atoms with E-state index in [1.54, 1.807) is 38.1 Å². The molecule has 0 radical (unpaired) electrons. The predicted molar refractivity (Wildman–Crippen MR) is 116 cm³/mol. The number of hydrogen-bond donors (Lipinski definition) is 0. The number of thioether (sulfide) groups is 1. The summed E-state index contributed by atoms with van der Waals surface area (Å²) in [4.78, 5) is 4.81. The molecule has 0 aliphatic rings. The van der Waals surface area contributed by atoms with Gasteiger partial charge in [0.1, 0.15) is 0 Å². The van der Waals surface area contributed by atoms with E-state index in [2.05, 4.69) is 4.98 Å². The molecular weight excluding hydrogens is 428 g/mol. The van der Waals surface area contributed by atoms with Crippen molar-refractivity contribution in [1.29, 1.82) is 0 Å². The smallest absolute Gasteiger partial charge is 0.243 e. The van der Waals surface area contributed by atoms with Crippen molar-refractivity contribution in [1.82, 2.24) is 13.9 Å². The molecule has 0 saturated heterocycles. The molecule has 1 heterocycles. The molecule has 0 atom stereocenters. The van der Waals surface area contributed by atoms with Crippen LogP contribution < -0.4 is 0 Å². The normalized spacial score (nSPS) is 12.4. The molecular formula is C21H25F2N3O2S2. The van der Waals surface area contributed by atoms with Crippen LogP contribution in [0, 0.1) is 11.6 Å². The molecule has 3 rings (SSSR count). The number of fused-ring (bicyclic) bond motifs is 1. The van der Waals surface area contributed by atoms with Crippen LogP contribution in [0.5, 0.6) is 0 Å². The quantitative estimate of drug-likeness (QED) is 0.439. The van der Waals surface area contributed by atoms with Crippen LogP contribution in [0.3, 0.4) is 0 Å². The van der Waals surface area contributed by atoms with Crippen molar-refractivity contribution in [3.63, 3.8) is 0 Å². The van der Waals surface area contributed by atoms with Crippen LogP contribution in [0.25, 0.3) is 11.0 Å². The first-order chi connectivity index (χ1) is 14.2. The number of imidazole rings is 1. The van der Waals surface area contributed by atoms with E-state index in [9.17, 15) is 17.2 Å². The summed E-state index contributed by atoms with van der Waals surface area (Å²) in [6.45, 7) is 8.36. The highest BCUT2D eigenvalue weighted by Crippen LogP contribution is 2.32. The van der Waals surface area contributed by atoms with Crippen LogP contribution in [0.4, 0.5) is 8.78 Å². The largest absolute Gasteiger partial charge is 0.316 e. The molecule has 0 bridgehead atoms. The number of aromatic nitrogens is 2. The van der Waals surface area contributed by atoms with E-state index in [-0.39, 0.29) is 22.3 Å². The zero-order chi connectivity index (χ0) is 22.1. The summed E-state index contributed by atoms with van der Waals surface area (Å²) in [5.41, 5.74) is 1.61. The summed E-state index contributed by atoms with van der Waals surface area (Å²) < 4.78 is 56.6. The van der Waals surface area contributed by atoms with Gasteiger partial charge in [-0.1, -0.05) is 37.7 Å². The summed E-state index contributed by atoms with van der Waals surface area (Å²) in [5, 5.41) is 0.626. The van der Waals surface area contributed by atoms with E-state index in [0.29, 0.717) is 23.8 Å². The van der Waals surface area contributed by atoms with Gasteiger partial charge in [0.15, 0.2) is 16.8 Å². The lowest BCUT2D eigenvalue weighted by Gasteiger charge is -2.18. The van der Waals surface area contributed by atoms with Gasteiger partial charge in [0.2, 0.25) is 10.0 Å². The monoisotopic (exact) mass is 453 g/mol. The third kappa shape index (κ3) is 4.24. The van der Waals surface area contributed by atoms with Gasteiger partial charge in [0.05, 0.1) is 15.9 Å². The standard InChI is InChI=1S/C21H25F2N3O2S2/c1-5-25(6-2)30(27,28)16-10-11-19-18(12-16)24-21(26(19)14(3)4)29-13-15-8-7-9-17(22)20(15)23/h7-12,14H,5-6,13H2,1-4H3. The summed E-state index contributed by atoms with van der Waals surface area (Å²) in [6, 6.07) is 9.09. The minimum atomic E-state index is -3.60. The highest BCUT2D eigenvalue weighted by Gasteiger charge is 2.23. The number of sulfonamides is 1. The van der Waals surface area contributed by atoms with Crippen LogP contribution in [-0.2, 0) is 15.8 Å². The molecule has 30 heavy (non-hydrogen) atoms. The van der Waals surface area contributed by atoms with E-state index in [4.69, 9.17) is 0 Å². The SMILES string of the molecule is CCN(CC)S(=O)(=O)c1ccc2c(c1)nc(SCc1cccc(F)c1F)n2C(C)C. The molecule has 5 nitrogen and oxygen atoms in total. The highest BCUT2D eigenvalue weighted by atomic mass is 32.2. The maximum Gasteiger partial charge on any atom is 0.243 e. The maximum absolute atomic E-state index is 14.0. The summed E-state index contributed by atoms with van der Waals surface area (Å²) >= 11 is 1.29. The zero-order valence-electron chi connectivity index (χ0n) is 17.4. The predicted octanol–water partition coefficient (Wildman–Crippen LogP) is 5.22. The Bertz CT molecular complexity index is 1160. The second kappa shape index (κ2) is 9.03. The lowest BCUT2D eigenvalue weighted by Crippen LogP contribution is -2.30. The van der Waals surface area contributed by atoms with Crippen molar-refractivity contribution in [2.24, 2.45) is 0 Å². The van der Waals surface area contributed by atoms with Crippen molar-refractivity contribution in [2.75, 3.05) is 13.1 Å². The molecule has 0 aliphatic carbocycles. The van der Waals surface area contributed by atoms with E-state index in [1.165, 1.54) is 22.1 Å².